The summed E-state index contributed by atoms with van der Waals surface area (Å²) in [4.78, 5) is 126. The lowest BCUT2D eigenvalue weighted by Crippen LogP contribution is -2.61. The van der Waals surface area contributed by atoms with Gasteiger partial charge < -0.3 is 114 Å². The number of unbranched alkanes of at least 4 members (excludes halogenated alkanes) is 1. The molecule has 0 spiro atoms. The van der Waals surface area contributed by atoms with E-state index >= 15 is 0 Å². The lowest BCUT2D eigenvalue weighted by atomic mass is 9.80. The van der Waals surface area contributed by atoms with E-state index in [9.17, 15) is 53.7 Å². The number of H-pyrrole nitrogens is 1. The number of allylic oxidation sites excluding steroid dienone is 6. The highest BCUT2D eigenvalue weighted by molar-refractivity contribution is 6.39. The van der Waals surface area contributed by atoms with Crippen LogP contribution < -0.4 is 27.4 Å². The van der Waals surface area contributed by atoms with Gasteiger partial charge in [0.05, 0.1) is 129 Å². The third kappa shape index (κ3) is 32.5. The number of aromatic amines is 1. The number of carbonyl (C=O) groups excluding carboxylic acids is 8. The number of aryl methyl sites for hydroxylation is 1. The van der Waals surface area contributed by atoms with E-state index in [2.05, 4.69) is 35.9 Å². The average Bonchev–Trinajstić information content (AvgIpc) is 1.10. The Balaban J connectivity index is 0.632. The maximum atomic E-state index is 14.6. The summed E-state index contributed by atoms with van der Waals surface area (Å²) >= 11 is 0. The van der Waals surface area contributed by atoms with Gasteiger partial charge in [-0.2, -0.15) is 5.10 Å². The number of Topliss-reactive ketones (excluding diaryl/α,β-unsaturated/α-hetero) is 3. The van der Waals surface area contributed by atoms with E-state index in [1.165, 1.54) is 26.4 Å². The standard InChI is InChI=1S/C88H134N12O24/c1-57-16-10-9-11-17-58(2)71(112-7)53-66-21-19-62(6)88(111,124-66)81(107)85(108)99-30-14-12-18-68(99)86(109)122-72(54-69(101)59(3)49-61(5)79(105)80(106)78(104)60(4)48-57)67(89)50-63-20-22-70(73(51-63)113-8)123-87(110)94-29-35-117-39-43-121-47-45-119-41-37-115-33-25-75(103)92-28-34-116-38-42-120-46-44-118-40-36-114-32-24-74(102)91-26-13-15-31-100-84-76(82(90)96-56-97-84)77(98-100)65-52-64-23-27-93-83(64)95-55-65/h9-11,16-17,23,27,49,52,55-57,59-60,62-63,66-68,70-73,79-80,105-106,111H,12-15,18-22,24-26,28-48,50-51,53-54,89H2,1-8H3,(H,91,102)(H,92,103)(H,93,95)(H,94,110)(H2,90,96,97)/b11-9?,16-10+,58-17?,61-49+/t57-,59-,60-,62-,63+,66+,67-,68+,70-,71+,72+,73-,79-,80+,88-/m1/s1. The van der Waals surface area contributed by atoms with Crippen LogP contribution in [-0.4, -0.2) is 304 Å². The van der Waals surface area contributed by atoms with Crippen LogP contribution in [0.15, 0.2) is 78.5 Å². The van der Waals surface area contributed by atoms with Crippen molar-refractivity contribution < 1.29 is 115 Å². The number of rotatable bonds is 42. The Labute approximate surface area is 726 Å². The van der Waals surface area contributed by atoms with Crippen LogP contribution in [0.4, 0.5) is 10.6 Å². The largest absolute Gasteiger partial charge is 0.459 e. The van der Waals surface area contributed by atoms with E-state index in [4.69, 9.17) is 78.1 Å². The first-order chi connectivity index (χ1) is 59.8. The van der Waals surface area contributed by atoms with Crippen molar-refractivity contribution in [3.8, 4) is 11.3 Å². The molecule has 690 valence electrons. The van der Waals surface area contributed by atoms with Gasteiger partial charge in [-0.1, -0.05) is 64.2 Å². The van der Waals surface area contributed by atoms with Gasteiger partial charge in [-0.05, 0) is 126 Å². The molecule has 2 bridgehead atoms. The minimum Gasteiger partial charge on any atom is -0.459 e. The summed E-state index contributed by atoms with van der Waals surface area (Å²) in [5, 5.41) is 49.5. The van der Waals surface area contributed by atoms with Gasteiger partial charge in [-0.25, -0.2) is 29.2 Å². The molecule has 15 atom stereocenters. The highest BCUT2D eigenvalue weighted by Gasteiger charge is 2.53. The summed E-state index contributed by atoms with van der Waals surface area (Å²) in [5.41, 5.74) is 17.2. The van der Waals surface area contributed by atoms with Gasteiger partial charge in [-0.15, -0.1) is 0 Å². The van der Waals surface area contributed by atoms with Crippen molar-refractivity contribution in [2.24, 2.45) is 35.3 Å². The Hall–Kier alpha value is -8.44. The van der Waals surface area contributed by atoms with E-state index in [0.717, 1.165) is 39.9 Å². The summed E-state index contributed by atoms with van der Waals surface area (Å²) in [5.74, 6) is -9.25. The molecular weight excluding hydrogens is 1610 g/mol. The summed E-state index contributed by atoms with van der Waals surface area (Å²) in [6.45, 7) is 16.8. The lowest BCUT2D eigenvalue weighted by Gasteiger charge is -2.42. The number of aliphatic hydroxyl groups is 3. The number of nitrogens with zero attached hydrogens (tertiary/aromatic N) is 6. The Morgan fingerprint density at radius 3 is 1.98 bits per heavy atom. The molecule has 4 aliphatic rings. The molecule has 1 saturated carbocycles. The van der Waals surface area contributed by atoms with Crippen molar-refractivity contribution in [1.29, 1.82) is 0 Å². The van der Waals surface area contributed by atoms with Gasteiger partial charge >= 0.3 is 12.1 Å². The molecule has 3 fully saturated rings. The molecule has 4 amide bonds. The third-order valence-corrected chi connectivity index (χ3v) is 22.8. The van der Waals surface area contributed by atoms with Crippen molar-refractivity contribution >= 4 is 75.0 Å². The predicted molar refractivity (Wildman–Crippen MR) is 457 cm³/mol. The van der Waals surface area contributed by atoms with Gasteiger partial charge in [0.25, 0.3) is 11.7 Å². The average molecular weight is 1740 g/mol. The highest BCUT2D eigenvalue weighted by Crippen LogP contribution is 2.38. The Morgan fingerprint density at radius 2 is 1.33 bits per heavy atom. The minimum absolute atomic E-state index is 0.00554. The van der Waals surface area contributed by atoms with Gasteiger partial charge in [-0.3, -0.25) is 28.8 Å². The number of aliphatic hydroxyl groups excluding tert-OH is 2. The number of ether oxygens (including phenoxy) is 13. The van der Waals surface area contributed by atoms with Crippen LogP contribution in [-0.2, 0) is 102 Å². The number of ketones is 3. The number of nitrogen functional groups attached to an aromatic ring is 1. The predicted octanol–water partition coefficient (Wildman–Crippen LogP) is 5.84. The van der Waals surface area contributed by atoms with Gasteiger partial charge in [0.2, 0.25) is 17.6 Å². The van der Waals surface area contributed by atoms with E-state index in [1.807, 2.05) is 67.2 Å². The van der Waals surface area contributed by atoms with Crippen molar-refractivity contribution in [3.63, 3.8) is 0 Å². The number of esters is 1. The van der Waals surface area contributed by atoms with Crippen LogP contribution >= 0.6 is 0 Å². The molecule has 0 radical (unpaired) electrons. The van der Waals surface area contributed by atoms with Gasteiger partial charge in [0.15, 0.2) is 11.4 Å². The topological polar surface area (TPSA) is 481 Å². The second-order valence-corrected chi connectivity index (χ2v) is 32.3. The molecule has 36 heteroatoms. The molecule has 4 aromatic heterocycles. The highest BCUT2D eigenvalue weighted by atomic mass is 16.6. The number of cyclic esters (lactones) is 1. The monoisotopic (exact) mass is 1740 g/mol. The fourth-order valence-electron chi connectivity index (χ4n) is 15.6. The number of aromatic nitrogens is 6. The summed E-state index contributed by atoms with van der Waals surface area (Å²) in [6, 6.07) is 1.69. The summed E-state index contributed by atoms with van der Waals surface area (Å²) in [7, 11) is 3.05. The molecule has 4 aromatic rings. The van der Waals surface area contributed by atoms with Crippen molar-refractivity contribution in [1.82, 2.24) is 50.6 Å². The number of amides is 4. The number of anilines is 1. The number of hydrogen-bond donors (Lipinski definition) is 9. The number of piperidine rings is 1. The second-order valence-electron chi connectivity index (χ2n) is 32.3. The van der Waals surface area contributed by atoms with Crippen LogP contribution in [0.5, 0.6) is 0 Å². The molecule has 11 N–H and O–H groups in total. The number of hydrogen-bond acceptors (Lipinski definition) is 30. The molecule has 36 nitrogen and oxygen atoms in total. The molecule has 7 heterocycles. The zero-order chi connectivity index (χ0) is 89.3. The van der Waals surface area contributed by atoms with Crippen molar-refractivity contribution in [2.45, 2.75) is 211 Å². The van der Waals surface area contributed by atoms with Crippen molar-refractivity contribution in [3.05, 3.63) is 78.5 Å². The molecule has 0 unspecified atom stereocenters. The zero-order valence-corrected chi connectivity index (χ0v) is 73.3. The van der Waals surface area contributed by atoms with Crippen LogP contribution in [0.2, 0.25) is 0 Å². The van der Waals surface area contributed by atoms with E-state index in [1.54, 1.807) is 34.1 Å². The Bertz CT molecular complexity index is 4120. The fourth-order valence-corrected chi connectivity index (χ4v) is 15.6. The minimum atomic E-state index is -2.51. The number of fused-ring (bicyclic) bond motifs is 5. The second kappa shape index (κ2) is 53.9. The number of carbonyl (C=O) groups is 8. The first-order valence-electron chi connectivity index (χ1n) is 43.7. The van der Waals surface area contributed by atoms with Crippen molar-refractivity contribution in [2.75, 3.05) is 152 Å². The summed E-state index contributed by atoms with van der Waals surface area (Å²) < 4.78 is 76.3. The molecular formula is C88H134N12O24. The molecule has 8 rings (SSSR count). The summed E-state index contributed by atoms with van der Waals surface area (Å²) in [6.07, 6.45) is 13.6. The first kappa shape index (κ1) is 101. The maximum Gasteiger partial charge on any atom is 0.407 e. The fraction of sp³-hybridized carbons (Fsp3) is 0.682. The number of nitrogens with two attached hydrogens (primary N) is 2. The number of pyridine rings is 1. The van der Waals surface area contributed by atoms with E-state index in [0.29, 0.717) is 166 Å². The van der Waals surface area contributed by atoms with Crippen LogP contribution in [0.3, 0.4) is 0 Å². The number of alkyl carbamates (subject to hydrolysis) is 1. The van der Waals surface area contributed by atoms with Crippen LogP contribution in [0, 0.1) is 29.6 Å². The first-order valence-corrected chi connectivity index (χ1v) is 43.7. The molecule has 2 saturated heterocycles. The lowest BCUT2D eigenvalue weighted by molar-refractivity contribution is -0.265. The molecule has 3 aliphatic heterocycles. The number of nitrogens with one attached hydrogen (secondary N) is 4. The van der Waals surface area contributed by atoms with E-state index in [-0.39, 0.29) is 107 Å². The number of methoxy groups -OCH3 is 2. The normalized spacial score (nSPS) is 26.0. The Morgan fingerprint density at radius 1 is 0.694 bits per heavy atom. The smallest absolute Gasteiger partial charge is 0.407 e. The quantitative estimate of drug-likeness (QED) is 0.0109. The zero-order valence-electron chi connectivity index (χ0n) is 73.3. The molecule has 1 aliphatic carbocycles. The third-order valence-electron chi connectivity index (χ3n) is 22.8. The molecule has 124 heavy (non-hydrogen) atoms. The van der Waals surface area contributed by atoms with Crippen LogP contribution in [0.1, 0.15) is 144 Å². The van der Waals surface area contributed by atoms with Gasteiger partial charge in [0.1, 0.15) is 59.7 Å². The van der Waals surface area contributed by atoms with Gasteiger partial charge in [0, 0.05) is 120 Å². The molecule has 0 aromatic carbocycles. The Kier molecular flexibility index (Phi) is 43.9. The van der Waals surface area contributed by atoms with Crippen LogP contribution in [0.25, 0.3) is 33.3 Å². The van der Waals surface area contributed by atoms with E-state index < -0.39 is 120 Å². The SMILES string of the molecule is CO[C@H]1C[C@@H]2CC[C@@H](C)[C@@](O)(O2)C(=O)C(=O)N2CCCC[C@H]2C(=O)O[C@H]([C@H](N)C[C@@H]2CC[C@@H](OC(=O)NCCOCCOCCOCCOCCC(=O)NCCOCCOCCOCCOCCC(=O)NCCCCn3nc(-c4cnc5[nH]ccc5c4)c4c(N)ncnc43)[C@H](OC)C2)CC(=O)[C@H](C)/C=C(\C)[C@@H](O)[C@@H](O)C(=O)[C@H](C)C[C@H](C)/C=C/C=CC=C1C. The maximum absolute atomic E-state index is 14.6.